The van der Waals surface area contributed by atoms with Gasteiger partial charge in [-0.25, -0.2) is 4.79 Å². The second kappa shape index (κ2) is 6.91. The molecule has 0 amide bonds. The molecule has 0 aromatic heterocycles. The third-order valence-corrected chi connectivity index (χ3v) is 4.17. The molecule has 2 aromatic rings. The quantitative estimate of drug-likeness (QED) is 0.767. The fraction of sp³-hybridized carbons (Fsp3) is 0.409. The van der Waals surface area contributed by atoms with Crippen LogP contribution in [-0.4, -0.2) is 11.1 Å². The van der Waals surface area contributed by atoms with Crippen LogP contribution in [0.3, 0.4) is 0 Å². The van der Waals surface area contributed by atoms with E-state index in [0.717, 1.165) is 16.7 Å². The van der Waals surface area contributed by atoms with Crippen molar-refractivity contribution in [1.29, 1.82) is 0 Å². The van der Waals surface area contributed by atoms with Crippen molar-refractivity contribution in [3.8, 4) is 5.75 Å². The lowest BCUT2D eigenvalue weighted by atomic mass is 9.78. The van der Waals surface area contributed by atoms with Gasteiger partial charge < -0.3 is 9.84 Å². The highest BCUT2D eigenvalue weighted by atomic mass is 16.5. The number of hydrogen-bond acceptors (Lipinski definition) is 3. The topological polar surface area (TPSA) is 46.5 Å². The van der Waals surface area contributed by atoms with Gasteiger partial charge in [0, 0.05) is 11.1 Å². The molecule has 0 aliphatic rings. The van der Waals surface area contributed by atoms with E-state index in [-0.39, 0.29) is 29.2 Å². The molecule has 0 unspecified atom stereocenters. The summed E-state index contributed by atoms with van der Waals surface area (Å²) >= 11 is 0. The van der Waals surface area contributed by atoms with E-state index >= 15 is 0 Å². The summed E-state index contributed by atoms with van der Waals surface area (Å²) in [5.41, 5.74) is 2.38. The Morgan fingerprint density at radius 3 is 1.84 bits per heavy atom. The number of ether oxygens (including phenoxy) is 1. The highest BCUT2D eigenvalue weighted by Gasteiger charge is 2.28. The van der Waals surface area contributed by atoms with Crippen LogP contribution in [0, 0.1) is 0 Å². The van der Waals surface area contributed by atoms with E-state index in [0.29, 0.717) is 5.56 Å². The first-order chi connectivity index (χ1) is 11.5. The Morgan fingerprint density at radius 2 is 1.40 bits per heavy atom. The van der Waals surface area contributed by atoms with Crippen LogP contribution in [-0.2, 0) is 22.2 Å². The smallest absolute Gasteiger partial charge is 0.338 e. The molecule has 0 aliphatic heterocycles. The fourth-order valence-electron chi connectivity index (χ4n) is 2.70. The minimum atomic E-state index is -0.375. The number of esters is 1. The first-order valence-corrected chi connectivity index (χ1v) is 8.59. The second-order valence-corrected chi connectivity index (χ2v) is 8.48. The van der Waals surface area contributed by atoms with Crippen LogP contribution in [0.4, 0.5) is 0 Å². The summed E-state index contributed by atoms with van der Waals surface area (Å²) in [6.07, 6.45) is 0. The SMILES string of the molecule is CC(C)(C)c1cc(C(=O)OCc2ccccc2)cc(C(C)(C)C)c1O. The molecule has 3 nitrogen and oxygen atoms in total. The highest BCUT2D eigenvalue weighted by molar-refractivity contribution is 5.90. The lowest BCUT2D eigenvalue weighted by Gasteiger charge is -2.28. The minimum Gasteiger partial charge on any atom is -0.507 e. The van der Waals surface area contributed by atoms with Gasteiger partial charge in [-0.05, 0) is 28.5 Å². The number of carbonyl (C=O) groups is 1. The third-order valence-electron chi connectivity index (χ3n) is 4.17. The van der Waals surface area contributed by atoms with Crippen LogP contribution in [0.2, 0.25) is 0 Å². The number of carbonyl (C=O) groups excluding carboxylic acids is 1. The minimum absolute atomic E-state index is 0.232. The van der Waals surface area contributed by atoms with Gasteiger partial charge in [-0.15, -0.1) is 0 Å². The maximum atomic E-state index is 12.6. The van der Waals surface area contributed by atoms with Crippen molar-refractivity contribution < 1.29 is 14.6 Å². The van der Waals surface area contributed by atoms with Gasteiger partial charge in [-0.1, -0.05) is 71.9 Å². The average Bonchev–Trinajstić information content (AvgIpc) is 2.51. The molecule has 1 N–H and O–H groups in total. The molecule has 25 heavy (non-hydrogen) atoms. The van der Waals surface area contributed by atoms with E-state index in [1.165, 1.54) is 0 Å². The number of phenolic OH excluding ortho intramolecular Hbond substituents is 1. The van der Waals surface area contributed by atoms with Crippen LogP contribution in [0.1, 0.15) is 68.6 Å². The van der Waals surface area contributed by atoms with Crippen molar-refractivity contribution in [3.05, 3.63) is 64.7 Å². The predicted octanol–water partition coefficient (Wildman–Crippen LogP) is 5.34. The molecule has 134 valence electrons. The van der Waals surface area contributed by atoms with Crippen molar-refractivity contribution in [3.63, 3.8) is 0 Å². The van der Waals surface area contributed by atoms with Crippen LogP contribution in [0.25, 0.3) is 0 Å². The van der Waals surface area contributed by atoms with Crippen LogP contribution < -0.4 is 0 Å². The van der Waals surface area contributed by atoms with Crippen molar-refractivity contribution >= 4 is 5.97 Å². The zero-order chi connectivity index (χ0) is 18.8. The average molecular weight is 340 g/mol. The number of benzene rings is 2. The standard InChI is InChI=1S/C22H28O3/c1-21(2,3)17-12-16(13-18(19(17)23)22(4,5)6)20(24)25-14-15-10-8-7-9-11-15/h7-13,23H,14H2,1-6H3. The van der Waals surface area contributed by atoms with Gasteiger partial charge in [0.15, 0.2) is 0 Å². The Balaban J connectivity index is 2.38. The van der Waals surface area contributed by atoms with Crippen LogP contribution >= 0.6 is 0 Å². The lowest BCUT2D eigenvalue weighted by Crippen LogP contribution is -2.19. The summed E-state index contributed by atoms with van der Waals surface area (Å²) in [6, 6.07) is 13.1. The molecule has 0 spiro atoms. The molecule has 2 rings (SSSR count). The molecule has 0 radical (unpaired) electrons. The van der Waals surface area contributed by atoms with Gasteiger partial charge in [0.25, 0.3) is 0 Å². The van der Waals surface area contributed by atoms with Gasteiger partial charge in [-0.2, -0.15) is 0 Å². The van der Waals surface area contributed by atoms with Crippen molar-refractivity contribution in [2.75, 3.05) is 0 Å². The zero-order valence-corrected chi connectivity index (χ0v) is 16.0. The van der Waals surface area contributed by atoms with E-state index in [1.807, 2.05) is 71.9 Å². The summed E-state index contributed by atoms with van der Waals surface area (Å²) in [4.78, 5) is 12.6. The molecule has 3 heteroatoms. The normalized spacial score (nSPS) is 12.1. The molecule has 2 aromatic carbocycles. The maximum Gasteiger partial charge on any atom is 0.338 e. The van der Waals surface area contributed by atoms with Gasteiger partial charge in [-0.3, -0.25) is 0 Å². The Kier molecular flexibility index (Phi) is 5.26. The van der Waals surface area contributed by atoms with E-state index in [4.69, 9.17) is 4.74 Å². The van der Waals surface area contributed by atoms with Crippen molar-refractivity contribution in [2.45, 2.75) is 59.0 Å². The summed E-state index contributed by atoms with van der Waals surface area (Å²) in [5, 5.41) is 10.7. The molecule has 0 fully saturated rings. The maximum absolute atomic E-state index is 12.6. The monoisotopic (exact) mass is 340 g/mol. The van der Waals surface area contributed by atoms with Crippen LogP contribution in [0.5, 0.6) is 5.75 Å². The molecule has 0 saturated heterocycles. The third kappa shape index (κ3) is 4.62. The van der Waals surface area contributed by atoms with Gasteiger partial charge in [0.05, 0.1) is 5.56 Å². The fourth-order valence-corrected chi connectivity index (χ4v) is 2.70. The molecule has 0 aliphatic carbocycles. The van der Waals surface area contributed by atoms with Crippen LogP contribution in [0.15, 0.2) is 42.5 Å². The van der Waals surface area contributed by atoms with Crippen molar-refractivity contribution in [1.82, 2.24) is 0 Å². The molecule has 0 atom stereocenters. The zero-order valence-electron chi connectivity index (χ0n) is 16.0. The molecular weight excluding hydrogens is 312 g/mol. The number of phenols is 1. The molecular formula is C22H28O3. The van der Waals surface area contributed by atoms with E-state index in [2.05, 4.69) is 0 Å². The number of aromatic hydroxyl groups is 1. The highest BCUT2D eigenvalue weighted by Crippen LogP contribution is 2.39. The summed E-state index contributed by atoms with van der Waals surface area (Å²) in [7, 11) is 0. The molecule has 0 heterocycles. The van der Waals surface area contributed by atoms with E-state index < -0.39 is 0 Å². The predicted molar refractivity (Wildman–Crippen MR) is 101 cm³/mol. The van der Waals surface area contributed by atoms with E-state index in [9.17, 15) is 9.90 Å². The molecule has 0 saturated carbocycles. The van der Waals surface area contributed by atoms with Gasteiger partial charge >= 0.3 is 5.97 Å². The second-order valence-electron chi connectivity index (χ2n) is 8.48. The lowest BCUT2D eigenvalue weighted by molar-refractivity contribution is 0.0472. The van der Waals surface area contributed by atoms with Crippen molar-refractivity contribution in [2.24, 2.45) is 0 Å². The first kappa shape index (κ1) is 19.0. The largest absolute Gasteiger partial charge is 0.507 e. The summed E-state index contributed by atoms with van der Waals surface area (Å²) in [6.45, 7) is 12.4. The van der Waals surface area contributed by atoms with Gasteiger partial charge in [0.2, 0.25) is 0 Å². The molecule has 0 bridgehead atoms. The Bertz CT molecular complexity index is 712. The first-order valence-electron chi connectivity index (χ1n) is 8.59. The summed E-state index contributed by atoms with van der Waals surface area (Å²) < 4.78 is 5.47. The van der Waals surface area contributed by atoms with E-state index in [1.54, 1.807) is 12.1 Å². The number of rotatable bonds is 3. The summed E-state index contributed by atoms with van der Waals surface area (Å²) in [5.74, 6) is -0.112. The Morgan fingerprint density at radius 1 is 0.920 bits per heavy atom. The number of hydrogen-bond donors (Lipinski definition) is 1. The Labute approximate surface area is 150 Å². The Hall–Kier alpha value is -2.29. The van der Waals surface area contributed by atoms with Gasteiger partial charge in [0.1, 0.15) is 12.4 Å².